The summed E-state index contributed by atoms with van der Waals surface area (Å²) in [6.07, 6.45) is 2.63. The summed E-state index contributed by atoms with van der Waals surface area (Å²) in [6, 6.07) is 5.24. The quantitative estimate of drug-likeness (QED) is 0.813. The number of likely N-dealkylation sites (tertiary alicyclic amines) is 1. The molecule has 1 aromatic rings. The number of rotatable bonds is 6. The Morgan fingerprint density at radius 2 is 2.27 bits per heavy atom. The van der Waals surface area contributed by atoms with Gasteiger partial charge in [0.25, 0.3) is 5.91 Å². The number of carbonyl (C=O) groups excluding carboxylic acids is 1. The maximum absolute atomic E-state index is 12.5. The SMILES string of the molecule is C=CCOc1ccc(C(=O)N2CCC(CN)C2)cc1OC.Cl. The predicted molar refractivity (Wildman–Crippen MR) is 89.0 cm³/mol. The van der Waals surface area contributed by atoms with Gasteiger partial charge in [-0.1, -0.05) is 12.7 Å². The minimum Gasteiger partial charge on any atom is -0.493 e. The van der Waals surface area contributed by atoms with Crippen LogP contribution in [0.3, 0.4) is 0 Å². The third-order valence-corrected chi connectivity index (χ3v) is 3.67. The second-order valence-corrected chi connectivity index (χ2v) is 5.11. The highest BCUT2D eigenvalue weighted by Gasteiger charge is 2.26. The van der Waals surface area contributed by atoms with Crippen molar-refractivity contribution in [3.05, 3.63) is 36.4 Å². The summed E-state index contributed by atoms with van der Waals surface area (Å²) in [7, 11) is 1.56. The Bertz CT molecular complexity index is 522. The Hall–Kier alpha value is -1.72. The lowest BCUT2D eigenvalue weighted by Crippen LogP contribution is -2.29. The number of hydrogen-bond acceptors (Lipinski definition) is 4. The lowest BCUT2D eigenvalue weighted by molar-refractivity contribution is 0.0787. The number of nitrogens with zero attached hydrogens (tertiary/aromatic N) is 1. The smallest absolute Gasteiger partial charge is 0.254 e. The standard InChI is InChI=1S/C16H22N2O3.ClH/c1-3-8-21-14-5-4-13(9-15(14)20-2)16(19)18-7-6-12(10-17)11-18;/h3-5,9,12H,1,6-8,10-11,17H2,2H3;1H. The molecule has 0 spiro atoms. The van der Waals surface area contributed by atoms with Gasteiger partial charge in [-0.05, 0) is 37.1 Å². The van der Waals surface area contributed by atoms with E-state index in [1.807, 2.05) is 4.90 Å². The van der Waals surface area contributed by atoms with Crippen molar-refractivity contribution in [1.29, 1.82) is 0 Å². The highest BCUT2D eigenvalue weighted by molar-refractivity contribution is 5.95. The number of nitrogens with two attached hydrogens (primary N) is 1. The number of methoxy groups -OCH3 is 1. The van der Waals surface area contributed by atoms with Gasteiger partial charge in [0.15, 0.2) is 11.5 Å². The summed E-state index contributed by atoms with van der Waals surface area (Å²) in [6.45, 7) is 6.12. The van der Waals surface area contributed by atoms with Gasteiger partial charge in [-0.25, -0.2) is 0 Å². The molecule has 1 atom stereocenters. The average Bonchev–Trinajstić information content (AvgIpc) is 3.01. The lowest BCUT2D eigenvalue weighted by Gasteiger charge is -2.17. The van der Waals surface area contributed by atoms with E-state index < -0.39 is 0 Å². The van der Waals surface area contributed by atoms with E-state index in [0.29, 0.717) is 36.1 Å². The largest absolute Gasteiger partial charge is 0.493 e. The molecule has 1 unspecified atom stereocenters. The van der Waals surface area contributed by atoms with Crippen molar-refractivity contribution in [2.75, 3.05) is 33.4 Å². The lowest BCUT2D eigenvalue weighted by atomic mass is 10.1. The number of carbonyl (C=O) groups is 1. The first-order valence-corrected chi connectivity index (χ1v) is 7.10. The van der Waals surface area contributed by atoms with E-state index in [4.69, 9.17) is 15.2 Å². The van der Waals surface area contributed by atoms with E-state index in [1.165, 1.54) is 0 Å². The van der Waals surface area contributed by atoms with Gasteiger partial charge in [-0.2, -0.15) is 0 Å². The van der Waals surface area contributed by atoms with Gasteiger partial charge in [0.2, 0.25) is 0 Å². The topological polar surface area (TPSA) is 64.8 Å². The normalized spacial score (nSPS) is 16.8. The van der Waals surface area contributed by atoms with Gasteiger partial charge >= 0.3 is 0 Å². The molecular weight excluding hydrogens is 304 g/mol. The Morgan fingerprint density at radius 3 is 2.86 bits per heavy atom. The Kier molecular flexibility index (Phi) is 7.21. The molecule has 6 heteroatoms. The van der Waals surface area contributed by atoms with E-state index in [-0.39, 0.29) is 18.3 Å². The molecule has 1 aliphatic rings. The molecule has 0 aromatic heterocycles. The second kappa shape index (κ2) is 8.66. The van der Waals surface area contributed by atoms with Crippen molar-refractivity contribution in [3.63, 3.8) is 0 Å². The van der Waals surface area contributed by atoms with Crippen LogP contribution in [0, 0.1) is 5.92 Å². The summed E-state index contributed by atoms with van der Waals surface area (Å²) in [5.41, 5.74) is 6.27. The molecule has 1 amide bonds. The first-order valence-electron chi connectivity index (χ1n) is 7.10. The zero-order valence-electron chi connectivity index (χ0n) is 12.8. The highest BCUT2D eigenvalue weighted by Crippen LogP contribution is 2.29. The van der Waals surface area contributed by atoms with Crippen LogP contribution >= 0.6 is 12.4 Å². The van der Waals surface area contributed by atoms with Crippen molar-refractivity contribution in [2.24, 2.45) is 11.7 Å². The molecule has 2 rings (SSSR count). The zero-order valence-corrected chi connectivity index (χ0v) is 13.6. The van der Waals surface area contributed by atoms with Gasteiger partial charge in [-0.15, -0.1) is 12.4 Å². The molecule has 2 N–H and O–H groups in total. The number of hydrogen-bond donors (Lipinski definition) is 1. The van der Waals surface area contributed by atoms with E-state index in [0.717, 1.165) is 19.5 Å². The van der Waals surface area contributed by atoms with Gasteiger partial charge in [0.05, 0.1) is 7.11 Å². The maximum Gasteiger partial charge on any atom is 0.254 e. The molecule has 1 fully saturated rings. The summed E-state index contributed by atoms with van der Waals surface area (Å²) < 4.78 is 10.8. The van der Waals surface area contributed by atoms with Crippen LogP contribution in [0.5, 0.6) is 11.5 Å². The minimum absolute atomic E-state index is 0. The molecular formula is C16H23ClN2O3. The van der Waals surface area contributed by atoms with Crippen LogP contribution in [0.15, 0.2) is 30.9 Å². The predicted octanol–water partition coefficient (Wildman–Crippen LogP) is 2.10. The minimum atomic E-state index is 0. The Balaban J connectivity index is 0.00000242. The monoisotopic (exact) mass is 326 g/mol. The zero-order chi connectivity index (χ0) is 15.2. The Labute approximate surface area is 137 Å². The van der Waals surface area contributed by atoms with E-state index in [9.17, 15) is 4.79 Å². The second-order valence-electron chi connectivity index (χ2n) is 5.11. The van der Waals surface area contributed by atoms with Crippen LogP contribution in [0.1, 0.15) is 16.8 Å². The van der Waals surface area contributed by atoms with Crippen molar-refractivity contribution < 1.29 is 14.3 Å². The van der Waals surface area contributed by atoms with E-state index in [2.05, 4.69) is 6.58 Å². The third kappa shape index (κ3) is 4.15. The fourth-order valence-electron chi connectivity index (χ4n) is 2.46. The fraction of sp³-hybridized carbons (Fsp3) is 0.438. The highest BCUT2D eigenvalue weighted by atomic mass is 35.5. The average molecular weight is 327 g/mol. The molecule has 1 aliphatic heterocycles. The van der Waals surface area contributed by atoms with Crippen LogP contribution in [-0.4, -0.2) is 44.2 Å². The first-order chi connectivity index (χ1) is 10.2. The van der Waals surface area contributed by atoms with Crippen LogP contribution in [0.25, 0.3) is 0 Å². The van der Waals surface area contributed by atoms with Crippen molar-refractivity contribution in [2.45, 2.75) is 6.42 Å². The van der Waals surface area contributed by atoms with Crippen LogP contribution in [0.2, 0.25) is 0 Å². The fourth-order valence-corrected chi connectivity index (χ4v) is 2.46. The summed E-state index contributed by atoms with van der Waals surface area (Å²) in [5.74, 6) is 1.58. The Morgan fingerprint density at radius 1 is 1.50 bits per heavy atom. The number of halogens is 1. The molecule has 0 saturated carbocycles. The third-order valence-electron chi connectivity index (χ3n) is 3.67. The molecule has 1 aromatic carbocycles. The van der Waals surface area contributed by atoms with Crippen molar-refractivity contribution in [3.8, 4) is 11.5 Å². The maximum atomic E-state index is 12.5. The number of benzene rings is 1. The summed E-state index contributed by atoms with van der Waals surface area (Å²) in [4.78, 5) is 14.3. The molecule has 22 heavy (non-hydrogen) atoms. The van der Waals surface area contributed by atoms with Crippen molar-refractivity contribution in [1.82, 2.24) is 4.90 Å². The molecule has 0 bridgehead atoms. The van der Waals surface area contributed by atoms with E-state index >= 15 is 0 Å². The molecule has 5 nitrogen and oxygen atoms in total. The van der Waals surface area contributed by atoms with Gasteiger partial charge in [0, 0.05) is 18.7 Å². The molecule has 1 heterocycles. The molecule has 0 aliphatic carbocycles. The number of amides is 1. The molecule has 0 radical (unpaired) electrons. The first kappa shape index (κ1) is 18.3. The van der Waals surface area contributed by atoms with Gasteiger partial charge < -0.3 is 20.1 Å². The van der Waals surface area contributed by atoms with E-state index in [1.54, 1.807) is 31.4 Å². The van der Waals surface area contributed by atoms with Gasteiger partial charge in [-0.3, -0.25) is 4.79 Å². The van der Waals surface area contributed by atoms with Crippen LogP contribution in [-0.2, 0) is 0 Å². The van der Waals surface area contributed by atoms with Gasteiger partial charge in [0.1, 0.15) is 6.61 Å². The molecule has 122 valence electrons. The number of ether oxygens (including phenoxy) is 2. The summed E-state index contributed by atoms with van der Waals surface area (Å²) >= 11 is 0. The van der Waals surface area contributed by atoms with Crippen LogP contribution in [0.4, 0.5) is 0 Å². The van der Waals surface area contributed by atoms with Crippen molar-refractivity contribution >= 4 is 18.3 Å². The summed E-state index contributed by atoms with van der Waals surface area (Å²) in [5, 5.41) is 0. The van der Waals surface area contributed by atoms with Crippen LogP contribution < -0.4 is 15.2 Å². The molecule has 1 saturated heterocycles.